The van der Waals surface area contributed by atoms with Crippen molar-refractivity contribution in [3.63, 3.8) is 0 Å². The zero-order valence-electron chi connectivity index (χ0n) is 17.8. The summed E-state index contributed by atoms with van der Waals surface area (Å²) in [5.41, 5.74) is 4.06. The van der Waals surface area contributed by atoms with Crippen LogP contribution in [0.1, 0.15) is 30.0 Å². The molecule has 0 fully saturated rings. The van der Waals surface area contributed by atoms with Crippen molar-refractivity contribution in [3.05, 3.63) is 90.0 Å². The van der Waals surface area contributed by atoms with Gasteiger partial charge in [0.15, 0.2) is 11.0 Å². The lowest BCUT2D eigenvalue weighted by Crippen LogP contribution is -2.32. The van der Waals surface area contributed by atoms with E-state index in [-0.39, 0.29) is 23.5 Å². The molecule has 2 aromatic heterocycles. The SMILES string of the molecule is O=C(CSc1nnc(-c2ccncc2)n1-c1ccc(F)cc1)N[C@@H]1CCCc2ccccc21. The zero-order valence-corrected chi connectivity index (χ0v) is 18.6. The Kier molecular flexibility index (Phi) is 6.17. The molecule has 33 heavy (non-hydrogen) atoms. The van der Waals surface area contributed by atoms with Crippen molar-refractivity contribution in [3.8, 4) is 17.1 Å². The number of carbonyl (C=O) groups excluding carboxylic acids is 1. The van der Waals surface area contributed by atoms with Crippen LogP contribution in [0.25, 0.3) is 17.1 Å². The average molecular weight is 460 g/mol. The molecule has 0 saturated carbocycles. The Morgan fingerprint density at radius 1 is 1.06 bits per heavy atom. The average Bonchev–Trinajstić information content (AvgIpc) is 3.28. The minimum Gasteiger partial charge on any atom is -0.349 e. The minimum absolute atomic E-state index is 0.0328. The first kappa shape index (κ1) is 21.3. The van der Waals surface area contributed by atoms with Gasteiger partial charge in [0.2, 0.25) is 5.91 Å². The molecule has 1 aliphatic rings. The fourth-order valence-corrected chi connectivity index (χ4v) is 4.91. The molecule has 166 valence electrons. The Balaban J connectivity index is 1.36. The second-order valence-corrected chi connectivity index (χ2v) is 8.80. The van der Waals surface area contributed by atoms with E-state index in [1.807, 2.05) is 28.8 Å². The molecule has 0 bridgehead atoms. The summed E-state index contributed by atoms with van der Waals surface area (Å²) in [5.74, 6) is 0.432. The maximum atomic E-state index is 13.5. The molecule has 5 rings (SSSR count). The molecule has 0 saturated heterocycles. The van der Waals surface area contributed by atoms with Crippen LogP contribution >= 0.6 is 11.8 Å². The summed E-state index contributed by atoms with van der Waals surface area (Å²) < 4.78 is 15.4. The summed E-state index contributed by atoms with van der Waals surface area (Å²) in [5, 5.41) is 12.4. The van der Waals surface area contributed by atoms with Crippen LogP contribution in [-0.2, 0) is 11.2 Å². The van der Waals surface area contributed by atoms with E-state index in [0.29, 0.717) is 11.0 Å². The smallest absolute Gasteiger partial charge is 0.230 e. The molecular formula is C25H22FN5OS. The standard InChI is InChI=1S/C25H22FN5OS/c26-19-8-10-20(11-9-19)31-24(18-12-14-27-15-13-18)29-30-25(31)33-16-23(32)28-22-7-3-5-17-4-1-2-6-21(17)22/h1-2,4,6,8-15,22H,3,5,7,16H2,(H,28,32)/t22-/m1/s1. The largest absolute Gasteiger partial charge is 0.349 e. The van der Waals surface area contributed by atoms with Crippen molar-refractivity contribution in [2.24, 2.45) is 0 Å². The first-order valence-corrected chi connectivity index (χ1v) is 11.8. The number of nitrogens with zero attached hydrogens (tertiary/aromatic N) is 4. The molecule has 2 aromatic carbocycles. The lowest BCUT2D eigenvalue weighted by atomic mass is 9.88. The summed E-state index contributed by atoms with van der Waals surface area (Å²) in [7, 11) is 0. The first-order chi connectivity index (χ1) is 16.2. The van der Waals surface area contributed by atoms with E-state index < -0.39 is 0 Å². The molecule has 0 unspecified atom stereocenters. The highest BCUT2D eigenvalue weighted by Gasteiger charge is 2.22. The Morgan fingerprint density at radius 2 is 1.85 bits per heavy atom. The zero-order chi connectivity index (χ0) is 22.6. The van der Waals surface area contributed by atoms with Gasteiger partial charge in [-0.3, -0.25) is 14.3 Å². The number of aryl methyl sites for hydroxylation is 1. The quantitative estimate of drug-likeness (QED) is 0.421. The predicted octanol–water partition coefficient (Wildman–Crippen LogP) is 4.75. The molecule has 0 aliphatic heterocycles. The van der Waals surface area contributed by atoms with Crippen molar-refractivity contribution in [2.75, 3.05) is 5.75 Å². The van der Waals surface area contributed by atoms with Crippen molar-refractivity contribution >= 4 is 17.7 Å². The van der Waals surface area contributed by atoms with Gasteiger partial charge in [0.25, 0.3) is 0 Å². The van der Waals surface area contributed by atoms with Crippen LogP contribution in [0.4, 0.5) is 4.39 Å². The molecule has 0 spiro atoms. The minimum atomic E-state index is -0.321. The van der Waals surface area contributed by atoms with E-state index in [1.165, 1.54) is 35.0 Å². The van der Waals surface area contributed by atoms with Gasteiger partial charge in [0.05, 0.1) is 11.8 Å². The summed E-state index contributed by atoms with van der Waals surface area (Å²) >= 11 is 1.31. The maximum absolute atomic E-state index is 13.5. The Morgan fingerprint density at radius 3 is 2.67 bits per heavy atom. The summed E-state index contributed by atoms with van der Waals surface area (Å²) in [6.07, 6.45) is 6.41. The number of thioether (sulfide) groups is 1. The molecule has 1 N–H and O–H groups in total. The van der Waals surface area contributed by atoms with Gasteiger partial charge >= 0.3 is 0 Å². The second-order valence-electron chi connectivity index (χ2n) is 7.85. The number of hydrogen-bond donors (Lipinski definition) is 1. The van der Waals surface area contributed by atoms with Gasteiger partial charge in [-0.15, -0.1) is 10.2 Å². The lowest BCUT2D eigenvalue weighted by molar-refractivity contribution is -0.119. The normalized spacial score (nSPS) is 15.1. The molecule has 1 amide bonds. The maximum Gasteiger partial charge on any atom is 0.230 e. The highest BCUT2D eigenvalue weighted by Crippen LogP contribution is 2.31. The van der Waals surface area contributed by atoms with E-state index in [2.05, 4.69) is 32.6 Å². The molecular weight excluding hydrogens is 437 g/mol. The van der Waals surface area contributed by atoms with Gasteiger partial charge in [0, 0.05) is 23.6 Å². The van der Waals surface area contributed by atoms with Gasteiger partial charge in [0.1, 0.15) is 5.82 Å². The van der Waals surface area contributed by atoms with E-state index >= 15 is 0 Å². The highest BCUT2D eigenvalue weighted by atomic mass is 32.2. The number of fused-ring (bicyclic) bond motifs is 1. The molecule has 6 nitrogen and oxygen atoms in total. The summed E-state index contributed by atoms with van der Waals surface area (Å²) in [6, 6.07) is 18.1. The Labute approximate surface area is 195 Å². The monoisotopic (exact) mass is 459 g/mol. The van der Waals surface area contributed by atoms with Crippen LogP contribution in [0.15, 0.2) is 78.2 Å². The number of hydrogen-bond acceptors (Lipinski definition) is 5. The van der Waals surface area contributed by atoms with Gasteiger partial charge in [-0.05, 0) is 66.8 Å². The molecule has 0 radical (unpaired) electrons. The van der Waals surface area contributed by atoms with E-state index in [4.69, 9.17) is 0 Å². The number of pyridine rings is 1. The topological polar surface area (TPSA) is 72.7 Å². The number of carbonyl (C=O) groups is 1. The van der Waals surface area contributed by atoms with Crippen LogP contribution in [0.5, 0.6) is 0 Å². The van der Waals surface area contributed by atoms with E-state index in [1.54, 1.807) is 24.5 Å². The van der Waals surface area contributed by atoms with Crippen molar-refractivity contribution in [1.29, 1.82) is 0 Å². The number of rotatable bonds is 6. The third kappa shape index (κ3) is 4.66. The number of benzene rings is 2. The summed E-state index contributed by atoms with van der Waals surface area (Å²) in [4.78, 5) is 16.9. The third-order valence-electron chi connectivity index (χ3n) is 5.69. The molecule has 1 aliphatic carbocycles. The van der Waals surface area contributed by atoms with Crippen LogP contribution in [-0.4, -0.2) is 31.4 Å². The van der Waals surface area contributed by atoms with E-state index in [9.17, 15) is 9.18 Å². The van der Waals surface area contributed by atoms with Crippen LogP contribution < -0.4 is 5.32 Å². The fourth-order valence-electron chi connectivity index (χ4n) is 4.14. The Bertz CT molecular complexity index is 1260. The summed E-state index contributed by atoms with van der Waals surface area (Å²) in [6.45, 7) is 0. The third-order valence-corrected chi connectivity index (χ3v) is 6.62. The second kappa shape index (κ2) is 9.54. The van der Waals surface area contributed by atoms with Gasteiger partial charge in [-0.2, -0.15) is 0 Å². The number of halogens is 1. The molecule has 8 heteroatoms. The van der Waals surface area contributed by atoms with Gasteiger partial charge in [-0.25, -0.2) is 4.39 Å². The number of aromatic nitrogens is 4. The van der Waals surface area contributed by atoms with Crippen molar-refractivity contribution < 1.29 is 9.18 Å². The highest BCUT2D eigenvalue weighted by molar-refractivity contribution is 7.99. The van der Waals surface area contributed by atoms with Crippen LogP contribution in [0.2, 0.25) is 0 Å². The number of amides is 1. The van der Waals surface area contributed by atoms with E-state index in [0.717, 1.165) is 30.5 Å². The van der Waals surface area contributed by atoms with Gasteiger partial charge < -0.3 is 5.32 Å². The molecule has 2 heterocycles. The molecule has 4 aromatic rings. The molecule has 1 atom stereocenters. The lowest BCUT2D eigenvalue weighted by Gasteiger charge is -2.26. The predicted molar refractivity (Wildman–Crippen MR) is 126 cm³/mol. The first-order valence-electron chi connectivity index (χ1n) is 10.8. The van der Waals surface area contributed by atoms with Crippen molar-refractivity contribution in [1.82, 2.24) is 25.1 Å². The van der Waals surface area contributed by atoms with Gasteiger partial charge in [-0.1, -0.05) is 36.0 Å². The van der Waals surface area contributed by atoms with Crippen LogP contribution in [0.3, 0.4) is 0 Å². The fraction of sp³-hybridized carbons (Fsp3) is 0.200. The number of nitrogens with one attached hydrogen (secondary N) is 1. The van der Waals surface area contributed by atoms with Crippen LogP contribution in [0, 0.1) is 5.82 Å². The van der Waals surface area contributed by atoms with Crippen molar-refractivity contribution in [2.45, 2.75) is 30.5 Å². The Hall–Kier alpha value is -3.52.